The first kappa shape index (κ1) is 22.7. The van der Waals surface area contributed by atoms with Crippen molar-refractivity contribution in [3.05, 3.63) is 89.5 Å². The second kappa shape index (κ2) is 10.9. The number of ketones is 1. The van der Waals surface area contributed by atoms with Crippen molar-refractivity contribution in [3.63, 3.8) is 0 Å². The Morgan fingerprint density at radius 2 is 1.62 bits per heavy atom. The molecule has 3 aromatic carbocycles. The van der Waals surface area contributed by atoms with Gasteiger partial charge in [-0.05, 0) is 74.4 Å². The number of hydrogen-bond acceptors (Lipinski definition) is 4. The summed E-state index contributed by atoms with van der Waals surface area (Å²) in [6.45, 7) is 3.83. The lowest BCUT2D eigenvalue weighted by Crippen LogP contribution is -2.18. The van der Waals surface area contributed by atoms with Crippen LogP contribution in [0, 0.1) is 6.92 Å². The van der Waals surface area contributed by atoms with E-state index < -0.39 is 0 Å². The van der Waals surface area contributed by atoms with E-state index in [1.165, 1.54) is 6.92 Å². The molecule has 0 saturated carbocycles. The van der Waals surface area contributed by atoms with Gasteiger partial charge in [0.1, 0.15) is 5.75 Å². The van der Waals surface area contributed by atoms with E-state index in [1.54, 1.807) is 48.5 Å². The number of benzene rings is 3. The summed E-state index contributed by atoms with van der Waals surface area (Å²) in [5.74, 6) is 0.162. The number of hydrogen-bond donors (Lipinski definition) is 2. The Balaban J connectivity index is 1.50. The van der Waals surface area contributed by atoms with Gasteiger partial charge in [-0.15, -0.1) is 0 Å². The first-order valence-corrected chi connectivity index (χ1v) is 10.4. The van der Waals surface area contributed by atoms with Gasteiger partial charge in [-0.2, -0.15) is 0 Å². The van der Waals surface area contributed by atoms with Crippen LogP contribution in [0.3, 0.4) is 0 Å². The topological polar surface area (TPSA) is 84.5 Å². The van der Waals surface area contributed by atoms with Crippen LogP contribution in [0.1, 0.15) is 46.0 Å². The van der Waals surface area contributed by atoms with Crippen molar-refractivity contribution in [2.45, 2.75) is 26.7 Å². The van der Waals surface area contributed by atoms with Crippen LogP contribution in [0.4, 0.5) is 11.4 Å². The van der Waals surface area contributed by atoms with E-state index in [0.29, 0.717) is 41.3 Å². The van der Waals surface area contributed by atoms with Crippen LogP contribution in [-0.4, -0.2) is 24.2 Å². The molecule has 2 amide bonds. The first-order chi connectivity index (χ1) is 15.4. The molecule has 0 aromatic heterocycles. The molecule has 164 valence electrons. The number of carbonyl (C=O) groups is 3. The number of anilines is 2. The monoisotopic (exact) mass is 430 g/mol. The SMILES string of the molecule is CC(=O)c1ccc(OCCCC(=O)Nc2ccccc2C(=O)Nc2cccc(C)c2)cc1. The molecular formula is C26H26N2O4. The van der Waals surface area contributed by atoms with E-state index in [4.69, 9.17) is 4.74 Å². The lowest BCUT2D eigenvalue weighted by Gasteiger charge is -2.12. The molecule has 6 heteroatoms. The van der Waals surface area contributed by atoms with E-state index in [1.807, 2.05) is 31.2 Å². The Morgan fingerprint density at radius 3 is 2.34 bits per heavy atom. The average molecular weight is 431 g/mol. The Bertz CT molecular complexity index is 1110. The predicted octanol–water partition coefficient (Wildman–Crippen LogP) is 5.25. The van der Waals surface area contributed by atoms with Crippen molar-refractivity contribution in [1.29, 1.82) is 0 Å². The zero-order chi connectivity index (χ0) is 22.9. The van der Waals surface area contributed by atoms with Crippen LogP contribution in [0.25, 0.3) is 0 Å². The summed E-state index contributed by atoms with van der Waals surface area (Å²) in [4.78, 5) is 36.4. The second-order valence-corrected chi connectivity index (χ2v) is 7.45. The summed E-state index contributed by atoms with van der Waals surface area (Å²) in [5.41, 5.74) is 3.22. The molecule has 0 bridgehead atoms. The van der Waals surface area contributed by atoms with Crippen molar-refractivity contribution in [2.24, 2.45) is 0 Å². The summed E-state index contributed by atoms with van der Waals surface area (Å²) in [6.07, 6.45) is 0.761. The first-order valence-electron chi connectivity index (χ1n) is 10.4. The van der Waals surface area contributed by atoms with Gasteiger partial charge in [-0.3, -0.25) is 14.4 Å². The zero-order valence-electron chi connectivity index (χ0n) is 18.2. The Morgan fingerprint density at radius 1 is 0.875 bits per heavy atom. The molecule has 0 radical (unpaired) electrons. The van der Waals surface area contributed by atoms with E-state index in [2.05, 4.69) is 10.6 Å². The highest BCUT2D eigenvalue weighted by Gasteiger charge is 2.13. The highest BCUT2D eigenvalue weighted by atomic mass is 16.5. The van der Waals surface area contributed by atoms with Gasteiger partial charge >= 0.3 is 0 Å². The maximum atomic E-state index is 12.7. The normalized spacial score (nSPS) is 10.3. The molecule has 3 aromatic rings. The van der Waals surface area contributed by atoms with E-state index >= 15 is 0 Å². The number of ether oxygens (including phenoxy) is 1. The minimum Gasteiger partial charge on any atom is -0.494 e. The fourth-order valence-corrected chi connectivity index (χ4v) is 3.13. The molecule has 6 nitrogen and oxygen atoms in total. The average Bonchev–Trinajstić information content (AvgIpc) is 2.77. The summed E-state index contributed by atoms with van der Waals surface area (Å²) < 4.78 is 5.62. The Kier molecular flexibility index (Phi) is 7.75. The van der Waals surface area contributed by atoms with Crippen molar-refractivity contribution in [1.82, 2.24) is 0 Å². The number of Topliss-reactive ketones (excluding diaryl/α,β-unsaturated/α-hetero) is 1. The highest BCUT2D eigenvalue weighted by Crippen LogP contribution is 2.19. The molecule has 2 N–H and O–H groups in total. The molecule has 0 spiro atoms. The van der Waals surface area contributed by atoms with Crippen LogP contribution in [0.2, 0.25) is 0 Å². The van der Waals surface area contributed by atoms with Gasteiger partial charge in [-0.1, -0.05) is 24.3 Å². The molecule has 32 heavy (non-hydrogen) atoms. The lowest BCUT2D eigenvalue weighted by molar-refractivity contribution is -0.116. The maximum Gasteiger partial charge on any atom is 0.257 e. The van der Waals surface area contributed by atoms with Crippen molar-refractivity contribution >= 4 is 29.0 Å². The van der Waals surface area contributed by atoms with Gasteiger partial charge in [0.25, 0.3) is 5.91 Å². The van der Waals surface area contributed by atoms with Crippen molar-refractivity contribution in [2.75, 3.05) is 17.2 Å². The minimum atomic E-state index is -0.288. The largest absolute Gasteiger partial charge is 0.494 e. The Labute approximate surface area is 187 Å². The van der Waals surface area contributed by atoms with Crippen LogP contribution < -0.4 is 15.4 Å². The lowest BCUT2D eigenvalue weighted by atomic mass is 10.1. The molecule has 0 fully saturated rings. The van der Waals surface area contributed by atoms with Gasteiger partial charge in [0.15, 0.2) is 5.78 Å². The number of aryl methyl sites for hydroxylation is 1. The fourth-order valence-electron chi connectivity index (χ4n) is 3.13. The molecule has 0 aliphatic heterocycles. The quantitative estimate of drug-likeness (QED) is 0.359. The van der Waals surface area contributed by atoms with Crippen molar-refractivity contribution < 1.29 is 19.1 Å². The third kappa shape index (κ3) is 6.54. The van der Waals surface area contributed by atoms with Gasteiger partial charge in [-0.25, -0.2) is 0 Å². The van der Waals surface area contributed by atoms with Gasteiger partial charge in [0, 0.05) is 17.7 Å². The number of carbonyl (C=O) groups excluding carboxylic acids is 3. The predicted molar refractivity (Wildman–Crippen MR) is 125 cm³/mol. The van der Waals surface area contributed by atoms with E-state index in [-0.39, 0.29) is 24.0 Å². The molecule has 0 aliphatic rings. The summed E-state index contributed by atoms with van der Waals surface area (Å²) in [5, 5.41) is 5.68. The van der Waals surface area contributed by atoms with Gasteiger partial charge in [0.2, 0.25) is 5.91 Å². The van der Waals surface area contributed by atoms with Gasteiger partial charge < -0.3 is 15.4 Å². The number of nitrogens with one attached hydrogen (secondary N) is 2. The van der Waals surface area contributed by atoms with E-state index in [0.717, 1.165) is 5.56 Å². The molecule has 0 atom stereocenters. The second-order valence-electron chi connectivity index (χ2n) is 7.45. The Hall–Kier alpha value is -3.93. The third-order valence-corrected chi connectivity index (χ3v) is 4.80. The zero-order valence-corrected chi connectivity index (χ0v) is 18.2. The van der Waals surface area contributed by atoms with Crippen molar-refractivity contribution in [3.8, 4) is 5.75 Å². The summed E-state index contributed by atoms with van der Waals surface area (Å²) >= 11 is 0. The van der Waals surface area contributed by atoms with Crippen LogP contribution >= 0.6 is 0 Å². The standard InChI is InChI=1S/C26H26N2O4/c1-18-7-5-8-21(17-18)27-26(31)23-9-3-4-10-24(23)28-25(30)11-6-16-32-22-14-12-20(13-15-22)19(2)29/h3-5,7-10,12-15,17H,6,11,16H2,1-2H3,(H,27,31)(H,28,30). The smallest absolute Gasteiger partial charge is 0.257 e. The molecule has 0 heterocycles. The number of para-hydroxylation sites is 1. The maximum absolute atomic E-state index is 12.7. The van der Waals surface area contributed by atoms with Crippen LogP contribution in [0.15, 0.2) is 72.8 Å². The highest BCUT2D eigenvalue weighted by molar-refractivity contribution is 6.10. The summed E-state index contributed by atoms with van der Waals surface area (Å²) in [7, 11) is 0. The molecule has 3 rings (SSSR count). The minimum absolute atomic E-state index is 0.000987. The van der Waals surface area contributed by atoms with Crippen LogP contribution in [-0.2, 0) is 4.79 Å². The molecule has 0 saturated heterocycles. The summed E-state index contributed by atoms with van der Waals surface area (Å²) in [6, 6.07) is 21.3. The van der Waals surface area contributed by atoms with Gasteiger partial charge in [0.05, 0.1) is 17.9 Å². The number of amides is 2. The van der Waals surface area contributed by atoms with E-state index in [9.17, 15) is 14.4 Å². The molecular weight excluding hydrogens is 404 g/mol. The molecule has 0 aliphatic carbocycles. The number of rotatable bonds is 9. The van der Waals surface area contributed by atoms with Crippen LogP contribution in [0.5, 0.6) is 5.75 Å². The fraction of sp³-hybridized carbons (Fsp3) is 0.192. The molecule has 0 unspecified atom stereocenters. The third-order valence-electron chi connectivity index (χ3n) is 4.80.